The number of aromatic nitrogens is 2. The van der Waals surface area contributed by atoms with Crippen LogP contribution in [0, 0.1) is 5.82 Å². The largest absolute Gasteiger partial charge is 0.403 e. The van der Waals surface area contributed by atoms with Crippen molar-refractivity contribution in [2.24, 2.45) is 0 Å². The molecule has 1 aromatic carbocycles. The van der Waals surface area contributed by atoms with Crippen LogP contribution in [-0.2, 0) is 0 Å². The van der Waals surface area contributed by atoms with Crippen molar-refractivity contribution in [1.82, 2.24) is 10.2 Å². The highest BCUT2D eigenvalue weighted by atomic mass is 19.1. The molecule has 1 aliphatic rings. The summed E-state index contributed by atoms with van der Waals surface area (Å²) in [6.07, 6.45) is 2.27. The van der Waals surface area contributed by atoms with Gasteiger partial charge in [-0.2, -0.15) is 0 Å². The smallest absolute Gasteiger partial charge is 0.315 e. The number of anilines is 1. The summed E-state index contributed by atoms with van der Waals surface area (Å²) in [6, 6.07) is 6.96. The van der Waals surface area contributed by atoms with Crippen molar-refractivity contribution in [3.8, 4) is 11.5 Å². The Kier molecular flexibility index (Phi) is 2.09. The second kappa shape index (κ2) is 3.59. The van der Waals surface area contributed by atoms with E-state index in [1.807, 2.05) is 0 Å². The van der Waals surface area contributed by atoms with Gasteiger partial charge in [-0.25, -0.2) is 4.39 Å². The van der Waals surface area contributed by atoms with Gasteiger partial charge in [-0.15, -0.1) is 5.10 Å². The third kappa shape index (κ3) is 1.88. The summed E-state index contributed by atoms with van der Waals surface area (Å²) in [7, 11) is 0. The number of hydrogen-bond acceptors (Lipinski definition) is 4. The van der Waals surface area contributed by atoms with Crippen LogP contribution in [0.4, 0.5) is 10.4 Å². The Morgan fingerprint density at radius 2 is 2.19 bits per heavy atom. The van der Waals surface area contributed by atoms with Gasteiger partial charge in [0.15, 0.2) is 0 Å². The summed E-state index contributed by atoms with van der Waals surface area (Å²) >= 11 is 0. The molecule has 0 radical (unpaired) electrons. The lowest BCUT2D eigenvalue weighted by Gasteiger charge is -1.95. The van der Waals surface area contributed by atoms with Crippen LogP contribution < -0.4 is 5.32 Å². The number of benzene rings is 1. The first-order chi connectivity index (χ1) is 7.81. The van der Waals surface area contributed by atoms with Crippen LogP contribution in [0.15, 0.2) is 28.7 Å². The zero-order chi connectivity index (χ0) is 11.0. The van der Waals surface area contributed by atoms with Crippen molar-refractivity contribution in [1.29, 1.82) is 0 Å². The van der Waals surface area contributed by atoms with Crippen molar-refractivity contribution < 1.29 is 8.81 Å². The fraction of sp³-hybridized carbons (Fsp3) is 0.273. The Bertz CT molecular complexity index is 507. The number of rotatable bonds is 3. The Morgan fingerprint density at radius 1 is 1.31 bits per heavy atom. The number of hydrogen-bond donors (Lipinski definition) is 1. The Morgan fingerprint density at radius 3 is 2.94 bits per heavy atom. The first-order valence-electron chi connectivity index (χ1n) is 5.17. The Labute approximate surface area is 91.5 Å². The van der Waals surface area contributed by atoms with Crippen LogP contribution in [0.1, 0.15) is 12.8 Å². The molecule has 1 aliphatic carbocycles. The van der Waals surface area contributed by atoms with Crippen LogP contribution in [0.5, 0.6) is 0 Å². The van der Waals surface area contributed by atoms with E-state index in [0.717, 1.165) is 12.8 Å². The van der Waals surface area contributed by atoms with E-state index >= 15 is 0 Å². The van der Waals surface area contributed by atoms with Crippen LogP contribution in [-0.4, -0.2) is 16.2 Å². The summed E-state index contributed by atoms with van der Waals surface area (Å²) in [5, 5.41) is 10.8. The fourth-order valence-electron chi connectivity index (χ4n) is 1.42. The lowest BCUT2D eigenvalue weighted by Crippen LogP contribution is -2.00. The summed E-state index contributed by atoms with van der Waals surface area (Å²) in [4.78, 5) is 0. The summed E-state index contributed by atoms with van der Waals surface area (Å²) in [5.74, 6) is 0.0232. The minimum absolute atomic E-state index is 0.313. The highest BCUT2D eigenvalue weighted by Gasteiger charge is 2.23. The second-order valence-electron chi connectivity index (χ2n) is 3.84. The zero-order valence-electron chi connectivity index (χ0n) is 8.48. The number of halogens is 1. The lowest BCUT2D eigenvalue weighted by atomic mass is 10.2. The van der Waals surface area contributed by atoms with Crippen LogP contribution in [0.3, 0.4) is 0 Å². The van der Waals surface area contributed by atoms with Crippen molar-refractivity contribution >= 4 is 6.01 Å². The van der Waals surface area contributed by atoms with Gasteiger partial charge in [0.2, 0.25) is 5.89 Å². The molecule has 2 aromatic rings. The van der Waals surface area contributed by atoms with E-state index < -0.39 is 0 Å². The molecular weight excluding hydrogens is 209 g/mol. The molecule has 1 fully saturated rings. The monoisotopic (exact) mass is 219 g/mol. The average molecular weight is 219 g/mol. The van der Waals surface area contributed by atoms with Gasteiger partial charge >= 0.3 is 6.01 Å². The van der Waals surface area contributed by atoms with Gasteiger partial charge in [0.25, 0.3) is 0 Å². The zero-order valence-corrected chi connectivity index (χ0v) is 8.48. The molecule has 1 N–H and O–H groups in total. The minimum Gasteiger partial charge on any atom is -0.403 e. The molecule has 0 amide bonds. The standard InChI is InChI=1S/C11H10FN3O/c12-8-3-1-2-7(6-8)10-14-15-11(16-10)13-9-4-5-9/h1-3,6,9H,4-5H2,(H,13,15). The van der Waals surface area contributed by atoms with Crippen LogP contribution in [0.2, 0.25) is 0 Å². The summed E-state index contributed by atoms with van der Waals surface area (Å²) < 4.78 is 18.3. The molecule has 0 aliphatic heterocycles. The maximum atomic E-state index is 13.0. The van der Waals surface area contributed by atoms with Gasteiger partial charge < -0.3 is 9.73 Å². The van der Waals surface area contributed by atoms with E-state index in [0.29, 0.717) is 23.5 Å². The first kappa shape index (κ1) is 9.33. The van der Waals surface area contributed by atoms with Gasteiger partial charge in [-0.3, -0.25) is 0 Å². The molecule has 5 heteroatoms. The maximum Gasteiger partial charge on any atom is 0.315 e. The molecule has 0 saturated heterocycles. The molecular formula is C11H10FN3O. The molecule has 1 saturated carbocycles. The topological polar surface area (TPSA) is 51.0 Å². The first-order valence-corrected chi connectivity index (χ1v) is 5.17. The van der Waals surface area contributed by atoms with E-state index in [2.05, 4.69) is 15.5 Å². The molecule has 0 unspecified atom stereocenters. The van der Waals surface area contributed by atoms with E-state index in [1.54, 1.807) is 12.1 Å². The number of nitrogens with one attached hydrogen (secondary N) is 1. The number of nitrogens with zero attached hydrogens (tertiary/aromatic N) is 2. The van der Waals surface area contributed by atoms with Gasteiger partial charge in [0.05, 0.1) is 0 Å². The predicted molar refractivity (Wildman–Crippen MR) is 56.3 cm³/mol. The normalized spacial score (nSPS) is 15.1. The molecule has 0 spiro atoms. The van der Waals surface area contributed by atoms with E-state index in [9.17, 15) is 4.39 Å². The SMILES string of the molecule is Fc1cccc(-c2nnc(NC3CC3)o2)c1. The molecule has 0 atom stereocenters. The second-order valence-corrected chi connectivity index (χ2v) is 3.84. The van der Waals surface area contributed by atoms with Crippen molar-refractivity contribution in [2.75, 3.05) is 5.32 Å². The van der Waals surface area contributed by atoms with Gasteiger partial charge in [0.1, 0.15) is 5.82 Å². The van der Waals surface area contributed by atoms with Gasteiger partial charge in [-0.1, -0.05) is 11.2 Å². The quantitative estimate of drug-likeness (QED) is 0.861. The summed E-state index contributed by atoms with van der Waals surface area (Å²) in [5.41, 5.74) is 0.594. The average Bonchev–Trinajstić information content (AvgIpc) is 2.94. The molecule has 3 rings (SSSR count). The Hall–Kier alpha value is -1.91. The lowest BCUT2D eigenvalue weighted by molar-refractivity contribution is 0.578. The van der Waals surface area contributed by atoms with Crippen molar-refractivity contribution in [2.45, 2.75) is 18.9 Å². The van der Waals surface area contributed by atoms with E-state index in [1.165, 1.54) is 12.1 Å². The Balaban J connectivity index is 1.85. The van der Waals surface area contributed by atoms with E-state index in [-0.39, 0.29) is 5.82 Å². The third-order valence-electron chi connectivity index (χ3n) is 2.40. The highest BCUT2D eigenvalue weighted by Crippen LogP contribution is 2.26. The van der Waals surface area contributed by atoms with Crippen molar-refractivity contribution in [3.63, 3.8) is 0 Å². The van der Waals surface area contributed by atoms with Crippen molar-refractivity contribution in [3.05, 3.63) is 30.1 Å². The van der Waals surface area contributed by atoms with Crippen LogP contribution in [0.25, 0.3) is 11.5 Å². The molecule has 1 heterocycles. The molecule has 4 nitrogen and oxygen atoms in total. The fourth-order valence-corrected chi connectivity index (χ4v) is 1.42. The molecule has 1 aromatic heterocycles. The molecule has 16 heavy (non-hydrogen) atoms. The van der Waals surface area contributed by atoms with Gasteiger partial charge in [-0.05, 0) is 31.0 Å². The highest BCUT2D eigenvalue weighted by molar-refractivity contribution is 5.53. The predicted octanol–water partition coefficient (Wildman–Crippen LogP) is 2.45. The molecule has 0 bridgehead atoms. The molecule has 82 valence electrons. The minimum atomic E-state index is -0.313. The maximum absolute atomic E-state index is 13.0. The van der Waals surface area contributed by atoms with E-state index in [4.69, 9.17) is 4.42 Å². The third-order valence-corrected chi connectivity index (χ3v) is 2.40. The van der Waals surface area contributed by atoms with Gasteiger partial charge in [0, 0.05) is 11.6 Å². The van der Waals surface area contributed by atoms with Crippen LogP contribution >= 0.6 is 0 Å². The summed E-state index contributed by atoms with van der Waals surface area (Å²) in [6.45, 7) is 0.